The smallest absolute Gasteiger partial charge is 0.260 e. The summed E-state index contributed by atoms with van der Waals surface area (Å²) in [5, 5.41) is 14.9. The number of nitrogens with one attached hydrogen (secondary N) is 1. The van der Waals surface area contributed by atoms with E-state index in [1.807, 2.05) is 0 Å². The molecule has 4 N–H and O–H groups in total. The third-order valence-corrected chi connectivity index (χ3v) is 4.06. The molecular formula is C9H16N4O3S. The number of nitrogens with zero attached hydrogens (tertiary/aromatic N) is 2. The topological polar surface area (TPSA) is 112 Å². The van der Waals surface area contributed by atoms with Crippen molar-refractivity contribution >= 4 is 10.0 Å². The molecule has 1 heterocycles. The van der Waals surface area contributed by atoms with Gasteiger partial charge in [0, 0.05) is 25.2 Å². The van der Waals surface area contributed by atoms with Gasteiger partial charge in [-0.05, 0) is 0 Å². The number of nitrogens with two attached hydrogens (primary N) is 1. The lowest BCUT2D eigenvalue weighted by Crippen LogP contribution is -2.34. The molecule has 1 rings (SSSR count). The molecule has 0 aliphatic carbocycles. The van der Waals surface area contributed by atoms with Crippen molar-refractivity contribution in [3.05, 3.63) is 24.4 Å². The van der Waals surface area contributed by atoms with Crippen molar-refractivity contribution in [3.63, 3.8) is 0 Å². The van der Waals surface area contributed by atoms with Crippen LogP contribution in [0.5, 0.6) is 0 Å². The second-order valence-electron chi connectivity index (χ2n) is 3.30. The number of aromatic nitrogens is 2. The average molecular weight is 260 g/mol. The van der Waals surface area contributed by atoms with Gasteiger partial charge < -0.3 is 10.8 Å². The summed E-state index contributed by atoms with van der Waals surface area (Å²) < 4.78 is 25.5. The van der Waals surface area contributed by atoms with Crippen LogP contribution in [-0.4, -0.2) is 47.7 Å². The van der Waals surface area contributed by atoms with Crippen molar-refractivity contribution in [2.24, 2.45) is 5.73 Å². The monoisotopic (exact) mass is 260 g/mol. The number of H-pyrrole nitrogens is 1. The Morgan fingerprint density at radius 1 is 1.65 bits per heavy atom. The molecular weight excluding hydrogens is 244 g/mol. The van der Waals surface area contributed by atoms with E-state index < -0.39 is 10.0 Å². The molecule has 0 aliphatic heterocycles. The first-order chi connectivity index (χ1) is 8.07. The van der Waals surface area contributed by atoms with E-state index in [-0.39, 0.29) is 31.3 Å². The average Bonchev–Trinajstić information content (AvgIpc) is 2.77. The Morgan fingerprint density at radius 3 is 2.88 bits per heavy atom. The zero-order valence-electron chi connectivity index (χ0n) is 9.33. The minimum absolute atomic E-state index is 0.00259. The first-order valence-corrected chi connectivity index (χ1v) is 6.46. The maximum atomic E-state index is 12.2. The summed E-state index contributed by atoms with van der Waals surface area (Å²) in [6.45, 7) is 3.41. The van der Waals surface area contributed by atoms with Gasteiger partial charge in [-0.3, -0.25) is 5.10 Å². The Kier molecular flexibility index (Phi) is 4.82. The standard InChI is InChI=1S/C9H16N4O3S/c1-2-3-13(4-5-14)17(15,16)9-8(6-10)7-11-12-9/h2,7,14H,1,3-6,10H2,(H,11,12). The number of rotatable bonds is 7. The van der Waals surface area contributed by atoms with E-state index >= 15 is 0 Å². The van der Waals surface area contributed by atoms with Gasteiger partial charge in [-0.1, -0.05) is 6.08 Å². The molecule has 1 aromatic rings. The van der Waals surface area contributed by atoms with E-state index in [4.69, 9.17) is 10.8 Å². The van der Waals surface area contributed by atoms with Gasteiger partial charge in [-0.25, -0.2) is 8.42 Å². The molecule has 1 aromatic heterocycles. The molecule has 0 radical (unpaired) electrons. The Hall–Kier alpha value is -1.22. The van der Waals surface area contributed by atoms with Gasteiger partial charge >= 0.3 is 0 Å². The minimum atomic E-state index is -3.72. The van der Waals surface area contributed by atoms with Gasteiger partial charge in [-0.2, -0.15) is 9.40 Å². The Balaban J connectivity index is 3.11. The quantitative estimate of drug-likeness (QED) is 0.546. The zero-order chi connectivity index (χ0) is 12.9. The van der Waals surface area contributed by atoms with Crippen molar-refractivity contribution in [1.82, 2.24) is 14.5 Å². The molecule has 0 aliphatic rings. The zero-order valence-corrected chi connectivity index (χ0v) is 10.2. The summed E-state index contributed by atoms with van der Waals surface area (Å²) in [6, 6.07) is 0. The van der Waals surface area contributed by atoms with Crippen LogP contribution in [0.3, 0.4) is 0 Å². The Morgan fingerprint density at radius 2 is 2.35 bits per heavy atom. The Labute approximate surface area is 100.0 Å². The van der Waals surface area contributed by atoms with Gasteiger partial charge in [0.2, 0.25) is 0 Å². The lowest BCUT2D eigenvalue weighted by molar-refractivity contribution is 0.260. The van der Waals surface area contributed by atoms with E-state index in [9.17, 15) is 8.42 Å². The maximum absolute atomic E-state index is 12.2. The van der Waals surface area contributed by atoms with Crippen molar-refractivity contribution in [1.29, 1.82) is 0 Å². The summed E-state index contributed by atoms with van der Waals surface area (Å²) >= 11 is 0. The van der Waals surface area contributed by atoms with Gasteiger partial charge in [-0.15, -0.1) is 6.58 Å². The molecule has 8 heteroatoms. The molecule has 0 spiro atoms. The summed E-state index contributed by atoms with van der Waals surface area (Å²) in [4.78, 5) is 0. The summed E-state index contributed by atoms with van der Waals surface area (Å²) in [7, 11) is -3.72. The van der Waals surface area contributed by atoms with Crippen LogP contribution in [0.4, 0.5) is 0 Å². The molecule has 96 valence electrons. The lowest BCUT2D eigenvalue weighted by atomic mass is 10.4. The second kappa shape index (κ2) is 5.92. The number of aliphatic hydroxyl groups excluding tert-OH is 1. The van der Waals surface area contributed by atoms with Crippen molar-refractivity contribution in [2.45, 2.75) is 11.6 Å². The van der Waals surface area contributed by atoms with Crippen molar-refractivity contribution < 1.29 is 13.5 Å². The van der Waals surface area contributed by atoms with Gasteiger partial charge in [0.05, 0.1) is 12.8 Å². The number of aromatic amines is 1. The largest absolute Gasteiger partial charge is 0.395 e. The SMILES string of the molecule is C=CCN(CCO)S(=O)(=O)c1[nH]ncc1CN. The number of hydrogen-bond acceptors (Lipinski definition) is 5. The van der Waals surface area contributed by atoms with Crippen LogP contribution in [-0.2, 0) is 16.6 Å². The fourth-order valence-corrected chi connectivity index (χ4v) is 2.88. The molecule has 0 atom stereocenters. The third-order valence-electron chi connectivity index (χ3n) is 2.18. The molecule has 0 saturated heterocycles. The fourth-order valence-electron chi connectivity index (χ4n) is 1.36. The fraction of sp³-hybridized carbons (Fsp3) is 0.444. The van der Waals surface area contributed by atoms with Crippen LogP contribution in [0.1, 0.15) is 5.56 Å². The van der Waals surface area contributed by atoms with E-state index in [0.29, 0.717) is 5.56 Å². The lowest BCUT2D eigenvalue weighted by Gasteiger charge is -2.19. The highest BCUT2D eigenvalue weighted by molar-refractivity contribution is 7.89. The van der Waals surface area contributed by atoms with Crippen molar-refractivity contribution in [2.75, 3.05) is 19.7 Å². The van der Waals surface area contributed by atoms with Crippen LogP contribution in [0.25, 0.3) is 0 Å². The molecule has 17 heavy (non-hydrogen) atoms. The van der Waals surface area contributed by atoms with E-state index in [0.717, 1.165) is 4.31 Å². The van der Waals surface area contributed by atoms with Crippen LogP contribution < -0.4 is 5.73 Å². The number of hydrogen-bond donors (Lipinski definition) is 3. The first-order valence-electron chi connectivity index (χ1n) is 5.02. The summed E-state index contributed by atoms with van der Waals surface area (Å²) in [6.07, 6.45) is 2.82. The molecule has 0 fully saturated rings. The highest BCUT2D eigenvalue weighted by atomic mass is 32.2. The third kappa shape index (κ3) is 2.91. The highest BCUT2D eigenvalue weighted by Gasteiger charge is 2.27. The maximum Gasteiger partial charge on any atom is 0.260 e. The van der Waals surface area contributed by atoms with Gasteiger partial charge in [0.25, 0.3) is 10.0 Å². The summed E-state index contributed by atoms with van der Waals surface area (Å²) in [5.74, 6) is 0. The molecule has 0 saturated carbocycles. The van der Waals surface area contributed by atoms with Crippen LogP contribution in [0, 0.1) is 0 Å². The van der Waals surface area contributed by atoms with Crippen LogP contribution in [0.15, 0.2) is 23.9 Å². The summed E-state index contributed by atoms with van der Waals surface area (Å²) in [5.41, 5.74) is 5.84. The normalized spacial score (nSPS) is 11.9. The predicted molar refractivity (Wildman–Crippen MR) is 62.5 cm³/mol. The first kappa shape index (κ1) is 13.8. The Bertz CT molecular complexity index is 468. The van der Waals surface area contributed by atoms with Crippen molar-refractivity contribution in [3.8, 4) is 0 Å². The minimum Gasteiger partial charge on any atom is -0.395 e. The van der Waals surface area contributed by atoms with Crippen LogP contribution >= 0.6 is 0 Å². The molecule has 7 nitrogen and oxygen atoms in total. The van der Waals surface area contributed by atoms with Crippen LogP contribution in [0.2, 0.25) is 0 Å². The predicted octanol–water partition coefficient (Wildman–Crippen LogP) is -0.963. The molecule has 0 bridgehead atoms. The van der Waals surface area contributed by atoms with Gasteiger partial charge in [0.1, 0.15) is 0 Å². The number of aliphatic hydroxyl groups is 1. The highest BCUT2D eigenvalue weighted by Crippen LogP contribution is 2.16. The van der Waals surface area contributed by atoms with Gasteiger partial charge in [0.15, 0.2) is 5.03 Å². The second-order valence-corrected chi connectivity index (χ2v) is 5.18. The molecule has 0 amide bonds. The molecule has 0 aromatic carbocycles. The number of sulfonamides is 1. The van der Waals surface area contributed by atoms with E-state index in [2.05, 4.69) is 16.8 Å². The molecule has 0 unspecified atom stereocenters. The van der Waals surface area contributed by atoms with E-state index in [1.54, 1.807) is 0 Å². The van der Waals surface area contributed by atoms with E-state index in [1.165, 1.54) is 12.3 Å².